The highest BCUT2D eigenvalue weighted by molar-refractivity contribution is 7.89. The fourth-order valence-corrected chi connectivity index (χ4v) is 5.58. The maximum atomic E-state index is 13.1. The lowest BCUT2D eigenvalue weighted by Crippen LogP contribution is -2.38. The minimum absolute atomic E-state index is 0.108. The van der Waals surface area contributed by atoms with Crippen LogP contribution in [0.1, 0.15) is 62.0 Å². The zero-order chi connectivity index (χ0) is 22.6. The average Bonchev–Trinajstić information content (AvgIpc) is 2.74. The van der Waals surface area contributed by atoms with Gasteiger partial charge in [0.05, 0.1) is 21.5 Å². The summed E-state index contributed by atoms with van der Waals surface area (Å²) in [6, 6.07) is 14.0. The van der Waals surface area contributed by atoms with Crippen molar-refractivity contribution in [2.75, 3.05) is 13.1 Å². The second-order valence-electron chi connectivity index (χ2n) is 8.79. The number of carbonyl (C=O) groups is 1. The molecule has 0 bridgehead atoms. The summed E-state index contributed by atoms with van der Waals surface area (Å²) in [5, 5.41) is 3.29. The van der Waals surface area contributed by atoms with E-state index < -0.39 is 10.0 Å². The average molecular weight is 463 g/mol. The smallest absolute Gasteiger partial charge is 0.253 e. The number of nitrogens with zero attached hydrogens (tertiary/aromatic N) is 1. The number of rotatable bonds is 7. The molecule has 0 saturated carbocycles. The van der Waals surface area contributed by atoms with Gasteiger partial charge in [0.1, 0.15) is 0 Å². The van der Waals surface area contributed by atoms with Crippen LogP contribution in [0.4, 0.5) is 0 Å². The molecule has 0 aromatic heterocycles. The van der Waals surface area contributed by atoms with Crippen molar-refractivity contribution in [1.29, 1.82) is 0 Å². The van der Waals surface area contributed by atoms with Gasteiger partial charge in [-0.1, -0.05) is 62.7 Å². The largest absolute Gasteiger partial charge is 0.345 e. The number of piperidine rings is 1. The molecule has 0 radical (unpaired) electrons. The molecule has 31 heavy (non-hydrogen) atoms. The van der Waals surface area contributed by atoms with Gasteiger partial charge in [0, 0.05) is 13.1 Å². The van der Waals surface area contributed by atoms with E-state index in [2.05, 4.69) is 26.1 Å². The number of benzene rings is 2. The van der Waals surface area contributed by atoms with E-state index >= 15 is 0 Å². The molecule has 1 fully saturated rings. The van der Waals surface area contributed by atoms with Crippen LogP contribution >= 0.6 is 11.6 Å². The Hall–Kier alpha value is -1.89. The van der Waals surface area contributed by atoms with Gasteiger partial charge >= 0.3 is 0 Å². The monoisotopic (exact) mass is 462 g/mol. The molecular formula is C24H31ClN2O3S. The van der Waals surface area contributed by atoms with Crippen LogP contribution in [0.25, 0.3) is 0 Å². The summed E-state index contributed by atoms with van der Waals surface area (Å²) < 4.78 is 27.7. The highest BCUT2D eigenvalue weighted by Crippen LogP contribution is 2.28. The topological polar surface area (TPSA) is 66.5 Å². The first-order valence-corrected chi connectivity index (χ1v) is 12.7. The number of hydrogen-bond donors (Lipinski definition) is 1. The molecule has 0 spiro atoms. The molecule has 1 heterocycles. The van der Waals surface area contributed by atoms with Crippen LogP contribution in [0, 0.1) is 11.8 Å². The van der Waals surface area contributed by atoms with Gasteiger partial charge < -0.3 is 5.32 Å². The molecule has 5 nitrogen and oxygen atoms in total. The van der Waals surface area contributed by atoms with E-state index in [0.29, 0.717) is 24.9 Å². The molecule has 1 N–H and O–H groups in total. The molecule has 1 saturated heterocycles. The van der Waals surface area contributed by atoms with Crippen molar-refractivity contribution < 1.29 is 13.2 Å². The molecule has 1 aliphatic heterocycles. The maximum absolute atomic E-state index is 13.1. The van der Waals surface area contributed by atoms with Crippen LogP contribution in [0.2, 0.25) is 5.02 Å². The first-order chi connectivity index (χ1) is 14.7. The second-order valence-corrected chi connectivity index (χ2v) is 11.1. The standard InChI is InChI=1S/C24H31ClN2O3S/c1-17(2)15-23(19-7-5-4-6-8-19)26-24(28)21-16-20(9-10-22(21)25)31(29,30)27-13-11-18(3)12-14-27/h4-10,16-18,23H,11-15H2,1-3H3,(H,26,28)/t23-/m1/s1. The lowest BCUT2D eigenvalue weighted by molar-refractivity contribution is 0.0932. The van der Waals surface area contributed by atoms with Gasteiger partial charge in [-0.25, -0.2) is 8.42 Å². The molecule has 1 amide bonds. The first kappa shape index (κ1) is 23.8. The number of halogens is 1. The highest BCUT2D eigenvalue weighted by atomic mass is 35.5. The quantitative estimate of drug-likeness (QED) is 0.608. The number of carbonyl (C=O) groups excluding carboxylic acids is 1. The zero-order valence-corrected chi connectivity index (χ0v) is 19.9. The van der Waals surface area contributed by atoms with E-state index in [1.165, 1.54) is 22.5 Å². The Morgan fingerprint density at radius 1 is 1.13 bits per heavy atom. The van der Waals surface area contributed by atoms with Crippen molar-refractivity contribution in [3.63, 3.8) is 0 Å². The lowest BCUT2D eigenvalue weighted by Gasteiger charge is -2.29. The van der Waals surface area contributed by atoms with Gasteiger partial charge in [0.2, 0.25) is 10.0 Å². The van der Waals surface area contributed by atoms with Crippen molar-refractivity contribution >= 4 is 27.5 Å². The Kier molecular flexibility index (Phi) is 7.78. The van der Waals surface area contributed by atoms with Gasteiger partial charge in [0.15, 0.2) is 0 Å². The fourth-order valence-electron chi connectivity index (χ4n) is 3.88. The molecule has 1 aliphatic rings. The maximum Gasteiger partial charge on any atom is 0.253 e. The third kappa shape index (κ3) is 5.88. The summed E-state index contributed by atoms with van der Waals surface area (Å²) >= 11 is 6.31. The number of nitrogens with one attached hydrogen (secondary N) is 1. The summed E-state index contributed by atoms with van der Waals surface area (Å²) in [5.74, 6) is 0.520. The molecule has 0 aliphatic carbocycles. The third-order valence-electron chi connectivity index (χ3n) is 5.78. The molecule has 0 unspecified atom stereocenters. The van der Waals surface area contributed by atoms with E-state index in [1.807, 2.05) is 30.3 Å². The Morgan fingerprint density at radius 2 is 1.77 bits per heavy atom. The molecular weight excluding hydrogens is 432 g/mol. The van der Waals surface area contributed by atoms with Crippen LogP contribution in [-0.2, 0) is 10.0 Å². The Labute approximate surface area is 190 Å². The summed E-state index contributed by atoms with van der Waals surface area (Å²) in [6.07, 6.45) is 2.44. The second kappa shape index (κ2) is 10.2. The number of amides is 1. The van der Waals surface area contributed by atoms with Crippen molar-refractivity contribution in [3.05, 3.63) is 64.7 Å². The van der Waals surface area contributed by atoms with Crippen LogP contribution in [-0.4, -0.2) is 31.7 Å². The lowest BCUT2D eigenvalue weighted by atomic mass is 9.96. The molecule has 3 rings (SSSR count). The van der Waals surface area contributed by atoms with Crippen LogP contribution in [0.15, 0.2) is 53.4 Å². The van der Waals surface area contributed by atoms with Crippen molar-refractivity contribution in [2.24, 2.45) is 11.8 Å². The van der Waals surface area contributed by atoms with Crippen molar-refractivity contribution in [3.8, 4) is 0 Å². The fraction of sp³-hybridized carbons (Fsp3) is 0.458. The Morgan fingerprint density at radius 3 is 2.39 bits per heavy atom. The van der Waals surface area contributed by atoms with Crippen molar-refractivity contribution in [1.82, 2.24) is 9.62 Å². The predicted molar refractivity (Wildman–Crippen MR) is 125 cm³/mol. The van der Waals surface area contributed by atoms with Crippen LogP contribution < -0.4 is 5.32 Å². The minimum atomic E-state index is -3.66. The Bertz CT molecular complexity index is 1000. The van der Waals surface area contributed by atoms with Gasteiger partial charge in [-0.15, -0.1) is 0 Å². The molecule has 1 atom stereocenters. The first-order valence-electron chi connectivity index (χ1n) is 10.8. The normalized spacial score (nSPS) is 16.9. The molecule has 2 aromatic rings. The third-order valence-corrected chi connectivity index (χ3v) is 8.00. The summed E-state index contributed by atoms with van der Waals surface area (Å²) in [4.78, 5) is 13.2. The minimum Gasteiger partial charge on any atom is -0.345 e. The van der Waals surface area contributed by atoms with Gasteiger partial charge in [0.25, 0.3) is 5.91 Å². The summed E-state index contributed by atoms with van der Waals surface area (Å²) in [7, 11) is -3.66. The van der Waals surface area contributed by atoms with Gasteiger partial charge in [-0.2, -0.15) is 4.31 Å². The van der Waals surface area contributed by atoms with Gasteiger partial charge in [-0.05, 0) is 54.9 Å². The SMILES string of the molecule is CC(C)C[C@@H](NC(=O)c1cc(S(=O)(=O)N2CCC(C)CC2)ccc1Cl)c1ccccc1. The van der Waals surface area contributed by atoms with Crippen LogP contribution in [0.3, 0.4) is 0 Å². The van der Waals surface area contributed by atoms with E-state index in [9.17, 15) is 13.2 Å². The molecule has 2 aromatic carbocycles. The van der Waals surface area contributed by atoms with Crippen molar-refractivity contribution in [2.45, 2.75) is 51.0 Å². The number of hydrogen-bond acceptors (Lipinski definition) is 3. The zero-order valence-electron chi connectivity index (χ0n) is 18.3. The summed E-state index contributed by atoms with van der Waals surface area (Å²) in [6.45, 7) is 7.33. The van der Waals surface area contributed by atoms with Crippen LogP contribution in [0.5, 0.6) is 0 Å². The molecule has 168 valence electrons. The van der Waals surface area contributed by atoms with E-state index in [4.69, 9.17) is 11.6 Å². The highest BCUT2D eigenvalue weighted by Gasteiger charge is 2.29. The molecule has 7 heteroatoms. The van der Waals surface area contributed by atoms with E-state index in [0.717, 1.165) is 24.8 Å². The van der Waals surface area contributed by atoms with E-state index in [-0.39, 0.29) is 27.4 Å². The number of sulfonamides is 1. The van der Waals surface area contributed by atoms with E-state index in [1.54, 1.807) is 0 Å². The predicted octanol–water partition coefficient (Wildman–Crippen LogP) is 5.28. The Balaban J connectivity index is 1.85. The summed E-state index contributed by atoms with van der Waals surface area (Å²) in [5.41, 5.74) is 1.18. The van der Waals surface area contributed by atoms with Gasteiger partial charge in [-0.3, -0.25) is 4.79 Å².